The summed E-state index contributed by atoms with van der Waals surface area (Å²) < 4.78 is 41.6. The fourth-order valence-corrected chi connectivity index (χ4v) is 7.89. The molecule has 2 aromatic carbocycles. The van der Waals surface area contributed by atoms with E-state index in [0.29, 0.717) is 21.2 Å². The third-order valence-corrected chi connectivity index (χ3v) is 9.49. The number of carbonyl (C=O) groups is 3. The Hall–Kier alpha value is -4.23. The van der Waals surface area contributed by atoms with Crippen molar-refractivity contribution in [1.29, 1.82) is 0 Å². The molecule has 3 atom stereocenters. The van der Waals surface area contributed by atoms with Crippen LogP contribution in [0.2, 0.25) is 0 Å². The van der Waals surface area contributed by atoms with Gasteiger partial charge in [-0.2, -0.15) is 13.2 Å². The van der Waals surface area contributed by atoms with Gasteiger partial charge in [0.05, 0.1) is 22.2 Å². The van der Waals surface area contributed by atoms with Crippen LogP contribution in [0.5, 0.6) is 0 Å². The van der Waals surface area contributed by atoms with E-state index in [0.717, 1.165) is 46.2 Å². The molecule has 1 N–H and O–H groups in total. The van der Waals surface area contributed by atoms with E-state index >= 15 is 0 Å². The van der Waals surface area contributed by atoms with Crippen LogP contribution in [-0.2, 0) is 27.1 Å². The number of benzene rings is 2. The van der Waals surface area contributed by atoms with Gasteiger partial charge in [-0.1, -0.05) is 53.4 Å². The van der Waals surface area contributed by atoms with Gasteiger partial charge in [-0.3, -0.25) is 28.7 Å². The number of fused-ring (bicyclic) bond motifs is 2. The number of anilines is 2. The number of pyridine rings is 1. The van der Waals surface area contributed by atoms with Crippen molar-refractivity contribution in [2.75, 3.05) is 10.2 Å². The molecule has 2 aliphatic rings. The van der Waals surface area contributed by atoms with Gasteiger partial charge in [0.1, 0.15) is 11.8 Å². The zero-order valence-electron chi connectivity index (χ0n) is 20.9. The normalized spacial score (nSPS) is 20.1. The van der Waals surface area contributed by atoms with Crippen LogP contribution >= 0.6 is 23.1 Å². The summed E-state index contributed by atoms with van der Waals surface area (Å²) in [4.78, 5) is 58.5. The maximum Gasteiger partial charge on any atom is 0.416 e. The summed E-state index contributed by atoms with van der Waals surface area (Å²) in [5, 5.41) is 2.06. The Balaban J connectivity index is 1.41. The maximum atomic E-state index is 13.8. The number of thiazole rings is 1. The Morgan fingerprint density at radius 2 is 1.76 bits per heavy atom. The second kappa shape index (κ2) is 10.3. The molecule has 41 heavy (non-hydrogen) atoms. The minimum atomic E-state index is -4.66. The van der Waals surface area contributed by atoms with Gasteiger partial charge in [0.25, 0.3) is 0 Å². The van der Waals surface area contributed by atoms with Gasteiger partial charge in [-0.25, -0.2) is 4.90 Å². The van der Waals surface area contributed by atoms with Crippen LogP contribution in [-0.4, -0.2) is 32.5 Å². The number of aromatic nitrogens is 2. The lowest BCUT2D eigenvalue weighted by Gasteiger charge is -2.30. The smallest absolute Gasteiger partial charge is 0.325 e. The van der Waals surface area contributed by atoms with Gasteiger partial charge < -0.3 is 5.32 Å². The highest BCUT2D eigenvalue weighted by Crippen LogP contribution is 2.53. The Morgan fingerprint density at radius 3 is 2.46 bits per heavy atom. The van der Waals surface area contributed by atoms with Gasteiger partial charge in [0.15, 0.2) is 0 Å². The fraction of sp³-hybridized carbons (Fsp3) is 0.179. The number of halogens is 3. The number of alkyl halides is 3. The lowest BCUT2D eigenvalue weighted by atomic mass is 9.84. The molecule has 2 unspecified atom stereocenters. The highest BCUT2D eigenvalue weighted by Gasteiger charge is 2.57. The zero-order valence-corrected chi connectivity index (χ0v) is 22.5. The number of amides is 3. The summed E-state index contributed by atoms with van der Waals surface area (Å²) in [6.07, 6.45) is -1.59. The van der Waals surface area contributed by atoms with Crippen LogP contribution in [0.4, 0.5) is 24.5 Å². The van der Waals surface area contributed by atoms with Crippen molar-refractivity contribution in [3.8, 4) is 0 Å². The van der Waals surface area contributed by atoms with E-state index in [4.69, 9.17) is 0 Å². The van der Waals surface area contributed by atoms with E-state index in [2.05, 4.69) is 10.3 Å². The fourth-order valence-electron chi connectivity index (χ4n) is 5.12. The molecule has 3 amide bonds. The molecule has 4 aromatic rings. The van der Waals surface area contributed by atoms with Crippen molar-refractivity contribution in [1.82, 2.24) is 9.55 Å². The van der Waals surface area contributed by atoms with E-state index in [9.17, 15) is 32.3 Å². The van der Waals surface area contributed by atoms with Crippen LogP contribution in [0, 0.1) is 5.92 Å². The second-order valence-corrected chi connectivity index (χ2v) is 11.5. The van der Waals surface area contributed by atoms with Crippen molar-refractivity contribution in [2.45, 2.75) is 28.9 Å². The average Bonchev–Trinajstić information content (AvgIpc) is 3.39. The Kier molecular flexibility index (Phi) is 6.78. The summed E-state index contributed by atoms with van der Waals surface area (Å²) in [6, 6.07) is 16.1. The molecule has 2 aliphatic heterocycles. The number of carbonyl (C=O) groups excluding carboxylic acids is 3. The topological polar surface area (TPSA) is 101 Å². The first kappa shape index (κ1) is 27.0. The number of imide groups is 1. The van der Waals surface area contributed by atoms with Crippen molar-refractivity contribution in [3.63, 3.8) is 0 Å². The van der Waals surface area contributed by atoms with Gasteiger partial charge in [0, 0.05) is 28.9 Å². The summed E-state index contributed by atoms with van der Waals surface area (Å²) in [5.74, 6) is -3.58. The first-order chi connectivity index (χ1) is 19.6. The number of rotatable bonds is 5. The van der Waals surface area contributed by atoms with E-state index in [1.165, 1.54) is 23.0 Å². The Bertz CT molecular complexity index is 1720. The monoisotopic (exact) mass is 596 g/mol. The van der Waals surface area contributed by atoms with Crippen molar-refractivity contribution < 1.29 is 27.6 Å². The molecule has 1 fully saturated rings. The van der Waals surface area contributed by atoms with Gasteiger partial charge in [-0.05, 0) is 42.0 Å². The van der Waals surface area contributed by atoms with Gasteiger partial charge in [0.2, 0.25) is 17.7 Å². The van der Waals surface area contributed by atoms with Crippen molar-refractivity contribution >= 4 is 52.2 Å². The van der Waals surface area contributed by atoms with Crippen molar-refractivity contribution in [3.05, 3.63) is 105 Å². The molecule has 0 bridgehead atoms. The van der Waals surface area contributed by atoms with Gasteiger partial charge >= 0.3 is 11.0 Å². The summed E-state index contributed by atoms with van der Waals surface area (Å²) in [6.45, 7) is -0.330. The van der Waals surface area contributed by atoms with Crippen LogP contribution in [0.25, 0.3) is 0 Å². The highest BCUT2D eigenvalue weighted by molar-refractivity contribution is 8.00. The first-order valence-electron chi connectivity index (χ1n) is 12.3. The molecule has 2 aromatic heterocycles. The molecule has 208 valence electrons. The predicted octanol–water partition coefficient (Wildman–Crippen LogP) is 4.76. The lowest BCUT2D eigenvalue weighted by molar-refractivity contribution is -0.137. The van der Waals surface area contributed by atoms with Gasteiger partial charge in [-0.15, -0.1) is 0 Å². The molecule has 13 heteroatoms. The molecule has 0 spiro atoms. The van der Waals surface area contributed by atoms with E-state index < -0.39 is 51.4 Å². The molecule has 8 nitrogen and oxygen atoms in total. The van der Waals surface area contributed by atoms with Crippen LogP contribution < -0.4 is 15.1 Å². The molecule has 0 saturated carbocycles. The lowest BCUT2D eigenvalue weighted by Crippen LogP contribution is -2.33. The van der Waals surface area contributed by atoms with Crippen LogP contribution in [0.15, 0.2) is 88.9 Å². The summed E-state index contributed by atoms with van der Waals surface area (Å²) in [7, 11) is 0. The Morgan fingerprint density at radius 1 is 0.976 bits per heavy atom. The van der Waals surface area contributed by atoms with Crippen LogP contribution in [0.1, 0.15) is 21.9 Å². The molecule has 1 saturated heterocycles. The second-order valence-electron chi connectivity index (χ2n) is 9.43. The number of nitrogens with zero attached hydrogens (tertiary/aromatic N) is 3. The SMILES string of the molecule is O=C(Cn1c2c(sc1=O)[C@H](c1cccnc1)C1C(=O)N(c3cccc(C(F)(F)F)c3)C(=O)C1S2)Nc1ccccc1. The minimum absolute atomic E-state index is 0.183. The van der Waals surface area contributed by atoms with Crippen LogP contribution in [0.3, 0.4) is 0 Å². The standard InChI is InChI=1S/C28H19F3N4O4S2/c29-28(30,31)16-7-4-10-18(12-16)35-24(37)21-20(15-6-5-11-32-13-15)23-26(40-22(21)25(35)38)34(27(39)41-23)14-19(36)33-17-8-2-1-3-9-17/h1-13,20-22H,14H2,(H,33,36)/t20-,21?,22?/m1/s1. The number of hydrogen-bond acceptors (Lipinski definition) is 7. The molecule has 0 radical (unpaired) electrons. The van der Waals surface area contributed by atoms with E-state index in [-0.39, 0.29) is 12.2 Å². The number of hydrogen-bond donors (Lipinski definition) is 1. The third kappa shape index (κ3) is 4.84. The summed E-state index contributed by atoms with van der Waals surface area (Å²) >= 11 is 1.85. The molecular weight excluding hydrogens is 577 g/mol. The minimum Gasteiger partial charge on any atom is -0.325 e. The quantitative estimate of drug-likeness (QED) is 0.334. The third-order valence-electron chi connectivity index (χ3n) is 6.88. The maximum absolute atomic E-state index is 13.8. The van der Waals surface area contributed by atoms with E-state index in [1.807, 2.05) is 0 Å². The molecule has 4 heterocycles. The predicted molar refractivity (Wildman–Crippen MR) is 147 cm³/mol. The summed E-state index contributed by atoms with van der Waals surface area (Å²) in [5.41, 5.74) is -0.0563. The Labute approximate surface area is 238 Å². The zero-order chi connectivity index (χ0) is 28.9. The number of nitrogens with one attached hydrogen (secondary N) is 1. The number of para-hydroxylation sites is 1. The largest absolute Gasteiger partial charge is 0.416 e. The molecule has 6 rings (SSSR count). The molecular formula is C28H19F3N4O4S2. The highest BCUT2D eigenvalue weighted by atomic mass is 32.2. The van der Waals surface area contributed by atoms with Crippen molar-refractivity contribution in [2.24, 2.45) is 5.92 Å². The van der Waals surface area contributed by atoms with E-state index in [1.54, 1.807) is 42.5 Å². The average molecular weight is 597 g/mol. The first-order valence-corrected chi connectivity index (χ1v) is 14.0. The number of thioether (sulfide) groups is 1. The molecule has 0 aliphatic carbocycles.